The molecule has 0 bridgehead atoms. The van der Waals surface area contributed by atoms with Gasteiger partial charge in [0.15, 0.2) is 0 Å². The number of nitrogens with zero attached hydrogens (tertiary/aromatic N) is 1. The number of carbonyl (C=O) groups is 1. The van der Waals surface area contributed by atoms with Crippen LogP contribution in [-0.4, -0.2) is 44.5 Å². The Morgan fingerprint density at radius 2 is 1.96 bits per heavy atom. The summed E-state index contributed by atoms with van der Waals surface area (Å²) in [4.78, 5) is 11.6. The van der Waals surface area contributed by atoms with Gasteiger partial charge in [-0.1, -0.05) is 42.6 Å². The van der Waals surface area contributed by atoms with Gasteiger partial charge in [-0.3, -0.25) is 4.79 Å². The summed E-state index contributed by atoms with van der Waals surface area (Å²) in [7, 11) is -3.36. The molecule has 0 unspecified atom stereocenters. The average molecular weight is 395 g/mol. The lowest BCUT2D eigenvalue weighted by Crippen LogP contribution is -2.39. The Bertz CT molecular complexity index is 651. The number of amides is 1. The van der Waals surface area contributed by atoms with E-state index < -0.39 is 10.0 Å². The van der Waals surface area contributed by atoms with E-state index in [1.807, 2.05) is 6.92 Å². The summed E-state index contributed by atoms with van der Waals surface area (Å²) in [6.07, 6.45) is 3.89. The molecule has 0 aliphatic heterocycles. The molecule has 1 rings (SSSR count). The van der Waals surface area contributed by atoms with E-state index in [0.29, 0.717) is 36.0 Å². The van der Waals surface area contributed by atoms with E-state index in [4.69, 9.17) is 23.2 Å². The van der Waals surface area contributed by atoms with Crippen LogP contribution in [0.5, 0.6) is 0 Å². The number of carbonyl (C=O) groups excluding carboxylic acids is 1. The second-order valence-electron chi connectivity index (χ2n) is 5.60. The lowest BCUT2D eigenvalue weighted by molar-refractivity contribution is -0.121. The smallest absolute Gasteiger partial charge is 0.220 e. The zero-order chi connectivity index (χ0) is 18.2. The van der Waals surface area contributed by atoms with Gasteiger partial charge in [-0.15, -0.1) is 0 Å². The quantitative estimate of drug-likeness (QED) is 0.662. The molecule has 0 aliphatic rings. The van der Waals surface area contributed by atoms with Crippen molar-refractivity contribution in [2.45, 2.75) is 32.6 Å². The van der Waals surface area contributed by atoms with Gasteiger partial charge in [0.25, 0.3) is 0 Å². The minimum Gasteiger partial charge on any atom is -0.355 e. The lowest BCUT2D eigenvalue weighted by Gasteiger charge is -2.20. The predicted octanol–water partition coefficient (Wildman–Crippen LogP) is 3.10. The Balaban J connectivity index is 2.56. The highest BCUT2D eigenvalue weighted by Gasteiger charge is 2.17. The lowest BCUT2D eigenvalue weighted by atomic mass is 10.1. The van der Waals surface area contributed by atoms with Gasteiger partial charge in [0.2, 0.25) is 15.9 Å². The highest BCUT2D eigenvalue weighted by molar-refractivity contribution is 7.88. The maximum atomic E-state index is 11.9. The van der Waals surface area contributed by atoms with Crippen LogP contribution in [0.1, 0.15) is 31.7 Å². The number of halogens is 2. The molecule has 24 heavy (non-hydrogen) atoms. The van der Waals surface area contributed by atoms with Crippen LogP contribution in [0.25, 0.3) is 0 Å². The standard InChI is InChI=1S/C16H24Cl2N2O3S/c1-3-4-5-16(21)19-9-11-20(24(2,22)23)10-8-13-6-7-14(17)12-15(13)18/h6-7,12H,3-5,8-11H2,1-2H3,(H,19,21). The molecule has 1 aromatic carbocycles. The highest BCUT2D eigenvalue weighted by Crippen LogP contribution is 2.21. The van der Waals surface area contributed by atoms with Crippen molar-refractivity contribution in [3.63, 3.8) is 0 Å². The van der Waals surface area contributed by atoms with E-state index in [1.165, 1.54) is 4.31 Å². The van der Waals surface area contributed by atoms with Gasteiger partial charge in [0, 0.05) is 36.1 Å². The summed E-state index contributed by atoms with van der Waals surface area (Å²) < 4.78 is 25.1. The fourth-order valence-electron chi connectivity index (χ4n) is 2.16. The first-order valence-corrected chi connectivity index (χ1v) is 10.5. The summed E-state index contributed by atoms with van der Waals surface area (Å²) in [5.41, 5.74) is 0.835. The van der Waals surface area contributed by atoms with E-state index in [-0.39, 0.29) is 12.5 Å². The summed E-state index contributed by atoms with van der Waals surface area (Å²) in [5, 5.41) is 3.81. The van der Waals surface area contributed by atoms with Crippen LogP contribution in [-0.2, 0) is 21.2 Å². The molecule has 0 fully saturated rings. The number of sulfonamides is 1. The molecule has 0 aromatic heterocycles. The Hall–Kier alpha value is -0.820. The molecule has 136 valence electrons. The normalized spacial score (nSPS) is 11.7. The number of hydrogen-bond donors (Lipinski definition) is 1. The number of rotatable bonds is 10. The van der Waals surface area contributed by atoms with Crippen molar-refractivity contribution in [2.75, 3.05) is 25.9 Å². The molecule has 0 atom stereocenters. The Labute approximate surface area is 154 Å². The molecule has 0 saturated carbocycles. The zero-order valence-corrected chi connectivity index (χ0v) is 16.3. The van der Waals surface area contributed by atoms with Crippen molar-refractivity contribution < 1.29 is 13.2 Å². The zero-order valence-electron chi connectivity index (χ0n) is 14.0. The number of nitrogens with one attached hydrogen (secondary N) is 1. The van der Waals surface area contributed by atoms with Gasteiger partial charge in [0.1, 0.15) is 0 Å². The highest BCUT2D eigenvalue weighted by atomic mass is 35.5. The third-order valence-electron chi connectivity index (χ3n) is 3.56. The predicted molar refractivity (Wildman–Crippen MR) is 99.1 cm³/mol. The Morgan fingerprint density at radius 1 is 1.25 bits per heavy atom. The fraction of sp³-hybridized carbons (Fsp3) is 0.562. The van der Waals surface area contributed by atoms with Gasteiger partial charge in [0.05, 0.1) is 6.26 Å². The molecule has 8 heteroatoms. The molecule has 0 aliphatic carbocycles. The Morgan fingerprint density at radius 3 is 2.54 bits per heavy atom. The molecule has 1 aromatic rings. The van der Waals surface area contributed by atoms with Crippen LogP contribution >= 0.6 is 23.2 Å². The van der Waals surface area contributed by atoms with E-state index in [0.717, 1.165) is 24.7 Å². The average Bonchev–Trinajstić information content (AvgIpc) is 2.48. The molecule has 0 saturated heterocycles. The van der Waals surface area contributed by atoms with Gasteiger partial charge in [-0.25, -0.2) is 12.7 Å². The van der Waals surface area contributed by atoms with Crippen LogP contribution in [0, 0.1) is 0 Å². The van der Waals surface area contributed by atoms with Crippen molar-refractivity contribution in [3.05, 3.63) is 33.8 Å². The number of benzene rings is 1. The van der Waals surface area contributed by atoms with Crippen molar-refractivity contribution in [1.29, 1.82) is 0 Å². The monoisotopic (exact) mass is 394 g/mol. The second kappa shape index (κ2) is 10.2. The second-order valence-corrected chi connectivity index (χ2v) is 8.43. The maximum Gasteiger partial charge on any atom is 0.220 e. The topological polar surface area (TPSA) is 66.5 Å². The van der Waals surface area contributed by atoms with Crippen LogP contribution in [0.2, 0.25) is 10.0 Å². The summed E-state index contributed by atoms with van der Waals surface area (Å²) >= 11 is 12.0. The third kappa shape index (κ3) is 7.83. The molecule has 5 nitrogen and oxygen atoms in total. The summed E-state index contributed by atoms with van der Waals surface area (Å²) in [5.74, 6) is -0.0500. The minimum atomic E-state index is -3.36. The van der Waals surface area contributed by atoms with Crippen molar-refractivity contribution in [1.82, 2.24) is 9.62 Å². The third-order valence-corrected chi connectivity index (χ3v) is 5.45. The van der Waals surface area contributed by atoms with Crippen molar-refractivity contribution in [3.8, 4) is 0 Å². The van der Waals surface area contributed by atoms with Gasteiger partial charge < -0.3 is 5.32 Å². The maximum absolute atomic E-state index is 11.9. The van der Waals surface area contributed by atoms with Crippen molar-refractivity contribution >= 4 is 39.1 Å². The van der Waals surface area contributed by atoms with E-state index >= 15 is 0 Å². The van der Waals surface area contributed by atoms with Crippen LogP contribution in [0.3, 0.4) is 0 Å². The van der Waals surface area contributed by atoms with Gasteiger partial charge in [-0.2, -0.15) is 0 Å². The van der Waals surface area contributed by atoms with Crippen LogP contribution in [0.4, 0.5) is 0 Å². The Kier molecular flexibility index (Phi) is 9.05. The van der Waals surface area contributed by atoms with E-state index in [1.54, 1.807) is 18.2 Å². The van der Waals surface area contributed by atoms with E-state index in [9.17, 15) is 13.2 Å². The molecule has 1 N–H and O–H groups in total. The summed E-state index contributed by atoms with van der Waals surface area (Å²) in [6, 6.07) is 5.15. The number of hydrogen-bond acceptors (Lipinski definition) is 3. The molecule has 0 spiro atoms. The largest absolute Gasteiger partial charge is 0.355 e. The fourth-order valence-corrected chi connectivity index (χ4v) is 3.51. The van der Waals surface area contributed by atoms with Gasteiger partial charge in [-0.05, 0) is 30.5 Å². The molecule has 0 radical (unpaired) electrons. The summed E-state index contributed by atoms with van der Waals surface area (Å²) in [6.45, 7) is 2.84. The van der Waals surface area contributed by atoms with Crippen molar-refractivity contribution in [2.24, 2.45) is 0 Å². The first-order chi connectivity index (χ1) is 11.2. The van der Waals surface area contributed by atoms with Gasteiger partial charge >= 0.3 is 0 Å². The molecular formula is C16H24Cl2N2O3S. The molecular weight excluding hydrogens is 371 g/mol. The number of unbranched alkanes of at least 4 members (excludes halogenated alkanes) is 1. The first kappa shape index (κ1) is 21.2. The molecule has 0 heterocycles. The molecule has 1 amide bonds. The van der Waals surface area contributed by atoms with E-state index in [2.05, 4.69) is 5.32 Å². The van der Waals surface area contributed by atoms with Crippen LogP contribution in [0.15, 0.2) is 18.2 Å². The SMILES string of the molecule is CCCCC(=O)NCCN(CCc1ccc(Cl)cc1Cl)S(C)(=O)=O. The van der Waals surface area contributed by atoms with Crippen LogP contribution < -0.4 is 5.32 Å². The first-order valence-electron chi connectivity index (χ1n) is 7.89. The minimum absolute atomic E-state index is 0.0500.